The van der Waals surface area contributed by atoms with E-state index in [4.69, 9.17) is 11.6 Å². The van der Waals surface area contributed by atoms with E-state index < -0.39 is 5.92 Å². The Bertz CT molecular complexity index is 818. The van der Waals surface area contributed by atoms with Crippen LogP contribution in [-0.2, 0) is 9.59 Å². The Hall–Kier alpha value is -2.66. The summed E-state index contributed by atoms with van der Waals surface area (Å²) in [5.74, 6) is -0.748. The molecular weight excluding hydrogens is 338 g/mol. The molecule has 25 heavy (non-hydrogen) atoms. The van der Waals surface area contributed by atoms with Crippen molar-refractivity contribution in [3.8, 4) is 0 Å². The van der Waals surface area contributed by atoms with Gasteiger partial charge in [0.05, 0.1) is 12.1 Å². The van der Waals surface area contributed by atoms with E-state index in [0.29, 0.717) is 17.1 Å². The number of hydrogen-bond donors (Lipinski definition) is 1. The van der Waals surface area contributed by atoms with E-state index in [0.717, 1.165) is 11.3 Å². The molecule has 0 unspecified atom stereocenters. The number of amides is 2. The Balaban J connectivity index is 1.61. The maximum absolute atomic E-state index is 12.3. The van der Waals surface area contributed by atoms with Crippen molar-refractivity contribution in [2.75, 3.05) is 11.4 Å². The van der Waals surface area contributed by atoms with Gasteiger partial charge in [0.15, 0.2) is 0 Å². The van der Waals surface area contributed by atoms with Gasteiger partial charge in [0.2, 0.25) is 11.8 Å². The number of nitrogens with zero attached hydrogens (tertiary/aromatic N) is 2. The molecule has 2 aromatic rings. The number of halogens is 1. The molecule has 2 amide bonds. The number of carbonyl (C=O) groups excluding carboxylic acids is 2. The molecule has 1 aliphatic heterocycles. The van der Waals surface area contributed by atoms with E-state index in [1.54, 1.807) is 17.0 Å². The first-order chi connectivity index (χ1) is 12.0. The fourth-order valence-corrected chi connectivity index (χ4v) is 2.88. The van der Waals surface area contributed by atoms with E-state index in [-0.39, 0.29) is 18.2 Å². The normalized spacial score (nSPS) is 17.3. The number of nitrogens with one attached hydrogen (secondary N) is 1. The predicted octanol–water partition coefficient (Wildman–Crippen LogP) is 3.15. The standard InChI is InChI=1S/C19H18ClN3O2/c1-13-6-8-16(9-7-13)23-12-15(10-18(23)24)19(25)22-21-11-14-4-2-3-5-17(14)20/h2-9,11,15H,10,12H2,1H3,(H,22,25)/b21-11-/t15-/m0/s1. The van der Waals surface area contributed by atoms with Gasteiger partial charge in [0.25, 0.3) is 0 Å². The molecule has 1 aliphatic rings. The van der Waals surface area contributed by atoms with Crippen LogP contribution in [0.1, 0.15) is 17.5 Å². The average molecular weight is 356 g/mol. The maximum Gasteiger partial charge on any atom is 0.245 e. The van der Waals surface area contributed by atoms with Gasteiger partial charge in [-0.1, -0.05) is 47.5 Å². The molecule has 0 radical (unpaired) electrons. The van der Waals surface area contributed by atoms with Crippen molar-refractivity contribution >= 4 is 35.3 Å². The molecule has 1 fully saturated rings. The van der Waals surface area contributed by atoms with E-state index in [1.807, 2.05) is 43.3 Å². The number of hydrazone groups is 1. The first-order valence-corrected chi connectivity index (χ1v) is 8.37. The van der Waals surface area contributed by atoms with Gasteiger partial charge in [-0.2, -0.15) is 5.10 Å². The Labute approximate surface area is 151 Å². The molecule has 1 heterocycles. The van der Waals surface area contributed by atoms with Crippen LogP contribution in [0.4, 0.5) is 5.69 Å². The van der Waals surface area contributed by atoms with Crippen LogP contribution in [0.25, 0.3) is 0 Å². The van der Waals surface area contributed by atoms with Crippen molar-refractivity contribution in [3.63, 3.8) is 0 Å². The summed E-state index contributed by atoms with van der Waals surface area (Å²) < 4.78 is 0. The molecule has 5 nitrogen and oxygen atoms in total. The highest BCUT2D eigenvalue weighted by atomic mass is 35.5. The molecule has 6 heteroatoms. The van der Waals surface area contributed by atoms with E-state index in [1.165, 1.54) is 6.21 Å². The van der Waals surface area contributed by atoms with Gasteiger partial charge in [-0.15, -0.1) is 0 Å². The number of hydrogen-bond acceptors (Lipinski definition) is 3. The van der Waals surface area contributed by atoms with Gasteiger partial charge in [-0.25, -0.2) is 5.43 Å². The average Bonchev–Trinajstić information content (AvgIpc) is 2.99. The van der Waals surface area contributed by atoms with Gasteiger partial charge in [0, 0.05) is 29.2 Å². The summed E-state index contributed by atoms with van der Waals surface area (Å²) in [5, 5.41) is 4.50. The molecule has 1 N–H and O–H groups in total. The minimum absolute atomic E-state index is 0.0564. The summed E-state index contributed by atoms with van der Waals surface area (Å²) in [4.78, 5) is 26.1. The van der Waals surface area contributed by atoms with Crippen LogP contribution in [-0.4, -0.2) is 24.6 Å². The second-order valence-corrected chi connectivity index (χ2v) is 6.40. The minimum Gasteiger partial charge on any atom is -0.312 e. The van der Waals surface area contributed by atoms with Gasteiger partial charge < -0.3 is 4.90 Å². The Morgan fingerprint density at radius 1 is 1.24 bits per heavy atom. The van der Waals surface area contributed by atoms with Crippen molar-refractivity contribution in [1.29, 1.82) is 0 Å². The summed E-state index contributed by atoms with van der Waals surface area (Å²) in [6.07, 6.45) is 1.68. The molecule has 0 aliphatic carbocycles. The lowest BCUT2D eigenvalue weighted by Crippen LogP contribution is -2.30. The predicted molar refractivity (Wildman–Crippen MR) is 98.8 cm³/mol. The van der Waals surface area contributed by atoms with Crippen molar-refractivity contribution < 1.29 is 9.59 Å². The van der Waals surface area contributed by atoms with Crippen LogP contribution < -0.4 is 10.3 Å². The molecular formula is C19H18ClN3O2. The monoisotopic (exact) mass is 355 g/mol. The van der Waals surface area contributed by atoms with Crippen LogP contribution >= 0.6 is 11.6 Å². The molecule has 0 aromatic heterocycles. The van der Waals surface area contributed by atoms with Crippen LogP contribution in [0.3, 0.4) is 0 Å². The van der Waals surface area contributed by atoms with Crippen molar-refractivity contribution in [2.45, 2.75) is 13.3 Å². The van der Waals surface area contributed by atoms with Gasteiger partial charge in [-0.3, -0.25) is 9.59 Å². The summed E-state index contributed by atoms with van der Waals surface area (Å²) >= 11 is 6.03. The third-order valence-corrected chi connectivity index (χ3v) is 4.47. The molecule has 1 saturated heterocycles. The van der Waals surface area contributed by atoms with Crippen molar-refractivity contribution in [3.05, 3.63) is 64.7 Å². The molecule has 1 atom stereocenters. The van der Waals surface area contributed by atoms with Crippen molar-refractivity contribution in [1.82, 2.24) is 5.43 Å². The highest BCUT2D eigenvalue weighted by Crippen LogP contribution is 2.25. The number of benzene rings is 2. The van der Waals surface area contributed by atoms with Gasteiger partial charge in [0.1, 0.15) is 0 Å². The van der Waals surface area contributed by atoms with Crippen molar-refractivity contribution in [2.24, 2.45) is 11.0 Å². The number of rotatable bonds is 4. The number of carbonyl (C=O) groups is 2. The first-order valence-electron chi connectivity index (χ1n) is 7.99. The molecule has 0 bridgehead atoms. The highest BCUT2D eigenvalue weighted by Gasteiger charge is 2.35. The Morgan fingerprint density at radius 3 is 2.68 bits per heavy atom. The minimum atomic E-state index is -0.419. The van der Waals surface area contributed by atoms with Gasteiger partial charge >= 0.3 is 0 Å². The fraction of sp³-hybridized carbons (Fsp3) is 0.211. The quantitative estimate of drug-likeness (QED) is 0.676. The second-order valence-electron chi connectivity index (χ2n) is 6.00. The number of aryl methyl sites for hydroxylation is 1. The largest absolute Gasteiger partial charge is 0.312 e. The molecule has 0 spiro atoms. The van der Waals surface area contributed by atoms with E-state index >= 15 is 0 Å². The molecule has 3 rings (SSSR count). The van der Waals surface area contributed by atoms with Crippen LogP contribution in [0.2, 0.25) is 5.02 Å². The molecule has 128 valence electrons. The Kier molecular flexibility index (Phi) is 5.14. The maximum atomic E-state index is 12.3. The zero-order chi connectivity index (χ0) is 17.8. The molecule has 0 saturated carbocycles. The third-order valence-electron chi connectivity index (χ3n) is 4.13. The smallest absolute Gasteiger partial charge is 0.245 e. The van der Waals surface area contributed by atoms with Crippen LogP contribution in [0.5, 0.6) is 0 Å². The van der Waals surface area contributed by atoms with Crippen LogP contribution in [0.15, 0.2) is 53.6 Å². The highest BCUT2D eigenvalue weighted by molar-refractivity contribution is 6.33. The van der Waals surface area contributed by atoms with Gasteiger partial charge in [-0.05, 0) is 25.1 Å². The lowest BCUT2D eigenvalue weighted by atomic mass is 10.1. The van der Waals surface area contributed by atoms with E-state index in [9.17, 15) is 9.59 Å². The molecule has 2 aromatic carbocycles. The summed E-state index contributed by atoms with van der Waals surface area (Å²) in [5.41, 5.74) is 5.15. The lowest BCUT2D eigenvalue weighted by molar-refractivity contribution is -0.126. The summed E-state index contributed by atoms with van der Waals surface area (Å²) in [7, 11) is 0. The zero-order valence-electron chi connectivity index (χ0n) is 13.8. The summed E-state index contributed by atoms with van der Waals surface area (Å²) in [6.45, 7) is 2.35. The van der Waals surface area contributed by atoms with Crippen LogP contribution in [0, 0.1) is 12.8 Å². The fourth-order valence-electron chi connectivity index (χ4n) is 2.69. The second kappa shape index (κ2) is 7.49. The summed E-state index contributed by atoms with van der Waals surface area (Å²) in [6, 6.07) is 14.9. The third kappa shape index (κ3) is 4.06. The Morgan fingerprint density at radius 2 is 1.96 bits per heavy atom. The zero-order valence-corrected chi connectivity index (χ0v) is 14.5. The van der Waals surface area contributed by atoms with E-state index in [2.05, 4.69) is 10.5 Å². The first kappa shape index (κ1) is 17.2. The number of anilines is 1. The lowest BCUT2D eigenvalue weighted by Gasteiger charge is -2.16. The SMILES string of the molecule is Cc1ccc(N2C[C@@H](C(=O)N/N=C\c3ccccc3Cl)CC2=O)cc1. The topological polar surface area (TPSA) is 61.8 Å².